The van der Waals surface area contributed by atoms with Gasteiger partial charge in [-0.3, -0.25) is 0 Å². The van der Waals surface area contributed by atoms with Gasteiger partial charge in [0.05, 0.1) is 6.33 Å². The van der Waals surface area contributed by atoms with Crippen molar-refractivity contribution in [2.24, 2.45) is 7.05 Å². The second kappa shape index (κ2) is 4.01. The fourth-order valence-corrected chi connectivity index (χ4v) is 3.45. The van der Waals surface area contributed by atoms with Gasteiger partial charge >= 0.3 is 0 Å². The highest BCUT2D eigenvalue weighted by Gasteiger charge is 2.34. The maximum Gasteiger partial charge on any atom is 0.263 e. The Bertz CT molecular complexity index is 493. The van der Waals surface area contributed by atoms with E-state index in [2.05, 4.69) is 4.98 Å². The van der Waals surface area contributed by atoms with Crippen LogP contribution in [0.3, 0.4) is 0 Å². The third-order valence-corrected chi connectivity index (χ3v) is 5.45. The number of sulfonamides is 1. The van der Waals surface area contributed by atoms with Crippen LogP contribution in [0.2, 0.25) is 5.15 Å². The smallest absolute Gasteiger partial charge is 0.263 e. The molecule has 16 heavy (non-hydrogen) atoms. The summed E-state index contributed by atoms with van der Waals surface area (Å²) in [5.74, 6) is 0. The third kappa shape index (κ3) is 1.74. The lowest BCUT2D eigenvalue weighted by atomic mass is 9.94. The molecule has 1 aliphatic rings. The van der Waals surface area contributed by atoms with Crippen LogP contribution in [0.5, 0.6) is 0 Å². The number of hydrogen-bond donors (Lipinski definition) is 0. The van der Waals surface area contributed by atoms with E-state index in [1.165, 1.54) is 15.2 Å². The van der Waals surface area contributed by atoms with Gasteiger partial charge in [-0.05, 0) is 12.8 Å². The minimum atomic E-state index is -3.54. The Morgan fingerprint density at radius 3 is 2.56 bits per heavy atom. The summed E-state index contributed by atoms with van der Waals surface area (Å²) in [5, 5.41) is 0.109. The standard InChI is InChI=1S/C9H14ClN3O2S/c1-12-6-11-9(8(12)10)16(14,15)13(2)7-4-3-5-7/h6-7H,3-5H2,1-2H3. The average molecular weight is 264 g/mol. The van der Waals surface area contributed by atoms with Gasteiger partial charge in [0, 0.05) is 20.1 Å². The number of halogens is 1. The van der Waals surface area contributed by atoms with Crippen LogP contribution in [0.1, 0.15) is 19.3 Å². The number of nitrogens with zero attached hydrogens (tertiary/aromatic N) is 3. The van der Waals surface area contributed by atoms with Crippen molar-refractivity contribution in [2.75, 3.05) is 7.05 Å². The Morgan fingerprint density at radius 2 is 2.19 bits per heavy atom. The molecule has 1 aromatic rings. The quantitative estimate of drug-likeness (QED) is 0.825. The van der Waals surface area contributed by atoms with E-state index < -0.39 is 10.0 Å². The van der Waals surface area contributed by atoms with Crippen LogP contribution in [0.15, 0.2) is 11.4 Å². The van der Waals surface area contributed by atoms with E-state index in [9.17, 15) is 8.42 Å². The van der Waals surface area contributed by atoms with E-state index in [-0.39, 0.29) is 16.2 Å². The molecule has 1 aromatic heterocycles. The van der Waals surface area contributed by atoms with Gasteiger partial charge in [-0.1, -0.05) is 18.0 Å². The Kier molecular flexibility index (Phi) is 2.98. The largest absolute Gasteiger partial charge is 0.324 e. The molecule has 0 saturated heterocycles. The maximum absolute atomic E-state index is 12.2. The third-order valence-electron chi connectivity index (χ3n) is 3.05. The molecule has 0 N–H and O–H groups in total. The number of rotatable bonds is 3. The number of hydrogen-bond acceptors (Lipinski definition) is 3. The fourth-order valence-electron chi connectivity index (χ4n) is 1.65. The van der Waals surface area contributed by atoms with E-state index in [0.717, 1.165) is 19.3 Å². The maximum atomic E-state index is 12.2. The number of aryl methyl sites for hydroxylation is 1. The van der Waals surface area contributed by atoms with Crippen molar-refractivity contribution in [1.82, 2.24) is 13.9 Å². The van der Waals surface area contributed by atoms with Crippen LogP contribution in [0.25, 0.3) is 0 Å². The first-order chi connectivity index (χ1) is 7.44. The topological polar surface area (TPSA) is 55.2 Å². The molecule has 0 aliphatic heterocycles. The molecule has 1 fully saturated rings. The second-order valence-electron chi connectivity index (χ2n) is 4.06. The predicted molar refractivity (Wildman–Crippen MR) is 60.8 cm³/mol. The molecule has 5 nitrogen and oxygen atoms in total. The van der Waals surface area contributed by atoms with Crippen molar-refractivity contribution in [3.05, 3.63) is 11.5 Å². The highest BCUT2D eigenvalue weighted by molar-refractivity contribution is 7.89. The molecule has 90 valence electrons. The molecule has 1 aliphatic carbocycles. The van der Waals surface area contributed by atoms with Crippen molar-refractivity contribution >= 4 is 21.6 Å². The monoisotopic (exact) mass is 263 g/mol. The summed E-state index contributed by atoms with van der Waals surface area (Å²) in [6.45, 7) is 0. The van der Waals surface area contributed by atoms with Crippen molar-refractivity contribution in [1.29, 1.82) is 0 Å². The molecule has 0 unspecified atom stereocenters. The van der Waals surface area contributed by atoms with Gasteiger partial charge in [0.15, 0.2) is 0 Å². The lowest BCUT2D eigenvalue weighted by molar-refractivity contribution is 0.249. The molecular weight excluding hydrogens is 250 g/mol. The van der Waals surface area contributed by atoms with Crippen LogP contribution < -0.4 is 0 Å². The Morgan fingerprint density at radius 1 is 1.56 bits per heavy atom. The SMILES string of the molecule is CN(C1CCC1)S(=O)(=O)c1ncn(C)c1Cl. The van der Waals surface area contributed by atoms with Crippen molar-refractivity contribution in [2.45, 2.75) is 30.3 Å². The van der Waals surface area contributed by atoms with Gasteiger partial charge in [-0.25, -0.2) is 13.4 Å². The van der Waals surface area contributed by atoms with Crippen molar-refractivity contribution < 1.29 is 8.42 Å². The highest BCUT2D eigenvalue weighted by atomic mass is 35.5. The summed E-state index contributed by atoms with van der Waals surface area (Å²) >= 11 is 5.90. The summed E-state index contributed by atoms with van der Waals surface area (Å²) < 4.78 is 27.2. The summed E-state index contributed by atoms with van der Waals surface area (Å²) in [6, 6.07) is 0.100. The van der Waals surface area contributed by atoms with E-state index in [0.29, 0.717) is 0 Å². The van der Waals surface area contributed by atoms with Crippen LogP contribution in [-0.2, 0) is 17.1 Å². The van der Waals surface area contributed by atoms with Crippen molar-refractivity contribution in [3.63, 3.8) is 0 Å². The zero-order chi connectivity index (χ0) is 11.9. The first-order valence-corrected chi connectivity index (χ1v) is 6.91. The van der Waals surface area contributed by atoms with E-state index in [4.69, 9.17) is 11.6 Å². The first kappa shape index (κ1) is 11.9. The van der Waals surface area contributed by atoms with Gasteiger partial charge in [0.25, 0.3) is 10.0 Å². The van der Waals surface area contributed by atoms with Crippen molar-refractivity contribution in [3.8, 4) is 0 Å². The Balaban J connectivity index is 2.34. The summed E-state index contributed by atoms with van der Waals surface area (Å²) in [6.07, 6.45) is 4.32. The average Bonchev–Trinajstić information content (AvgIpc) is 2.45. The zero-order valence-corrected chi connectivity index (χ0v) is 10.8. The Hall–Kier alpha value is -0.590. The van der Waals surface area contributed by atoms with Gasteiger partial charge in [-0.2, -0.15) is 4.31 Å². The molecule has 0 radical (unpaired) electrons. The van der Waals surface area contributed by atoms with E-state index >= 15 is 0 Å². The lowest BCUT2D eigenvalue weighted by Crippen LogP contribution is -2.41. The van der Waals surface area contributed by atoms with E-state index in [1.807, 2.05) is 0 Å². The molecule has 0 amide bonds. The number of aromatic nitrogens is 2. The van der Waals surface area contributed by atoms with Gasteiger partial charge in [0.2, 0.25) is 5.03 Å². The predicted octanol–water partition coefficient (Wildman–Crippen LogP) is 1.25. The molecule has 0 spiro atoms. The normalized spacial score (nSPS) is 17.8. The zero-order valence-electron chi connectivity index (χ0n) is 9.22. The molecule has 0 atom stereocenters. The van der Waals surface area contributed by atoms with Crippen LogP contribution in [-0.4, -0.2) is 35.4 Å². The minimum Gasteiger partial charge on any atom is -0.324 e. The molecule has 0 aromatic carbocycles. The van der Waals surface area contributed by atoms with Gasteiger partial charge in [0.1, 0.15) is 5.15 Å². The van der Waals surface area contributed by atoms with Crippen LogP contribution >= 0.6 is 11.6 Å². The Labute approximate surface area is 100 Å². The van der Waals surface area contributed by atoms with Crippen LogP contribution in [0.4, 0.5) is 0 Å². The van der Waals surface area contributed by atoms with Gasteiger partial charge in [-0.15, -0.1) is 0 Å². The molecule has 2 rings (SSSR count). The summed E-state index contributed by atoms with van der Waals surface area (Å²) in [5.41, 5.74) is 0. The molecule has 7 heteroatoms. The first-order valence-electron chi connectivity index (χ1n) is 5.09. The lowest BCUT2D eigenvalue weighted by Gasteiger charge is -2.33. The van der Waals surface area contributed by atoms with Gasteiger partial charge < -0.3 is 4.57 Å². The number of imidazole rings is 1. The molecule has 1 saturated carbocycles. The highest BCUT2D eigenvalue weighted by Crippen LogP contribution is 2.30. The van der Waals surface area contributed by atoms with Crippen LogP contribution in [0, 0.1) is 0 Å². The summed E-state index contributed by atoms with van der Waals surface area (Å²) in [7, 11) is -0.288. The molecule has 0 bridgehead atoms. The fraction of sp³-hybridized carbons (Fsp3) is 0.667. The second-order valence-corrected chi connectivity index (χ2v) is 6.33. The summed E-state index contributed by atoms with van der Waals surface area (Å²) in [4.78, 5) is 3.85. The molecule has 1 heterocycles. The van der Waals surface area contributed by atoms with E-state index in [1.54, 1.807) is 14.1 Å². The molecular formula is C9H14ClN3O2S. The minimum absolute atomic E-state index is 0.0499.